The summed E-state index contributed by atoms with van der Waals surface area (Å²) in [5.74, 6) is 0.0728. The highest BCUT2D eigenvalue weighted by Crippen LogP contribution is 2.33. The molecule has 1 aromatic rings. The van der Waals surface area contributed by atoms with Gasteiger partial charge in [0.2, 0.25) is 11.8 Å². The Hall–Kier alpha value is -1.88. The van der Waals surface area contributed by atoms with Gasteiger partial charge in [0.05, 0.1) is 12.5 Å². The maximum absolute atomic E-state index is 12.5. The first-order valence-corrected chi connectivity index (χ1v) is 8.14. The Labute approximate surface area is 130 Å². The monoisotopic (exact) mass is 299 g/mol. The van der Waals surface area contributed by atoms with Gasteiger partial charge in [-0.3, -0.25) is 19.4 Å². The summed E-state index contributed by atoms with van der Waals surface area (Å²) in [5.41, 5.74) is 1.23. The molecule has 3 aliphatic rings. The van der Waals surface area contributed by atoms with E-state index in [1.54, 1.807) is 0 Å². The fourth-order valence-corrected chi connectivity index (χ4v) is 3.57. The van der Waals surface area contributed by atoms with Crippen LogP contribution >= 0.6 is 0 Å². The number of amides is 2. The Morgan fingerprint density at radius 1 is 0.909 bits per heavy atom. The number of hydrogen-bond donors (Lipinski definition) is 0. The molecule has 116 valence electrons. The number of carbonyl (C=O) groups excluding carboxylic acids is 2. The van der Waals surface area contributed by atoms with Gasteiger partial charge >= 0.3 is 0 Å². The number of carbonyl (C=O) groups is 2. The summed E-state index contributed by atoms with van der Waals surface area (Å²) in [6, 6.07) is 10.3. The van der Waals surface area contributed by atoms with E-state index in [1.165, 1.54) is 10.6 Å². The molecule has 2 amide bonds. The summed E-state index contributed by atoms with van der Waals surface area (Å²) in [4.78, 5) is 30.6. The van der Waals surface area contributed by atoms with E-state index in [9.17, 15) is 9.59 Å². The Balaban J connectivity index is 1.40. The first-order chi connectivity index (χ1) is 10.7. The molecular formula is C17H21N3O2. The van der Waals surface area contributed by atoms with Crippen LogP contribution in [0.1, 0.15) is 19.3 Å². The van der Waals surface area contributed by atoms with Crippen LogP contribution in [-0.4, -0.2) is 59.9 Å². The maximum Gasteiger partial charge on any atom is 0.247 e. The molecule has 2 saturated heterocycles. The van der Waals surface area contributed by atoms with Crippen LogP contribution in [-0.2, 0) is 9.59 Å². The zero-order valence-corrected chi connectivity index (χ0v) is 12.6. The minimum absolute atomic E-state index is 0.0305. The third-order valence-corrected chi connectivity index (χ3v) is 4.95. The Kier molecular flexibility index (Phi) is 3.37. The highest BCUT2D eigenvalue weighted by Gasteiger charge is 2.48. The van der Waals surface area contributed by atoms with E-state index in [1.807, 2.05) is 18.2 Å². The molecule has 1 aliphatic carbocycles. The van der Waals surface area contributed by atoms with Gasteiger partial charge in [-0.15, -0.1) is 0 Å². The van der Waals surface area contributed by atoms with Crippen LogP contribution in [0.3, 0.4) is 0 Å². The topological polar surface area (TPSA) is 43.9 Å². The molecule has 5 nitrogen and oxygen atoms in total. The third kappa shape index (κ3) is 2.39. The minimum Gasteiger partial charge on any atom is -0.369 e. The van der Waals surface area contributed by atoms with Crippen LogP contribution in [0, 0.1) is 0 Å². The number of para-hydroxylation sites is 1. The number of likely N-dealkylation sites (tertiary alicyclic amines) is 1. The summed E-state index contributed by atoms with van der Waals surface area (Å²) >= 11 is 0. The average Bonchev–Trinajstić information content (AvgIpc) is 3.34. The predicted octanol–water partition coefficient (Wildman–Crippen LogP) is 1.10. The number of rotatable bonds is 3. The SMILES string of the molecule is O=C1C[C@H](N2CCN(c3ccccc3)CC2)C(=O)N1C1CC1. The lowest BCUT2D eigenvalue weighted by Gasteiger charge is -2.38. The van der Waals surface area contributed by atoms with Crippen molar-refractivity contribution in [2.75, 3.05) is 31.1 Å². The van der Waals surface area contributed by atoms with E-state index < -0.39 is 0 Å². The molecule has 5 heteroatoms. The first kappa shape index (κ1) is 13.8. The second-order valence-electron chi connectivity index (χ2n) is 6.41. The van der Waals surface area contributed by atoms with Crippen LogP contribution in [0.15, 0.2) is 30.3 Å². The second-order valence-corrected chi connectivity index (χ2v) is 6.41. The van der Waals surface area contributed by atoms with Crippen LogP contribution in [0.25, 0.3) is 0 Å². The lowest BCUT2D eigenvalue weighted by Crippen LogP contribution is -2.52. The van der Waals surface area contributed by atoms with Gasteiger partial charge in [-0.1, -0.05) is 18.2 Å². The van der Waals surface area contributed by atoms with Gasteiger partial charge in [0.25, 0.3) is 0 Å². The molecule has 0 N–H and O–H groups in total. The number of benzene rings is 1. The summed E-state index contributed by atoms with van der Waals surface area (Å²) in [7, 11) is 0. The molecule has 0 unspecified atom stereocenters. The van der Waals surface area contributed by atoms with Crippen molar-refractivity contribution in [3.05, 3.63) is 30.3 Å². The molecule has 4 rings (SSSR count). The van der Waals surface area contributed by atoms with Crippen molar-refractivity contribution < 1.29 is 9.59 Å². The van der Waals surface area contributed by atoms with Crippen molar-refractivity contribution in [2.45, 2.75) is 31.3 Å². The molecule has 0 aromatic heterocycles. The fraction of sp³-hybridized carbons (Fsp3) is 0.529. The molecule has 1 saturated carbocycles. The number of imide groups is 1. The molecule has 22 heavy (non-hydrogen) atoms. The van der Waals surface area contributed by atoms with Gasteiger partial charge in [0.1, 0.15) is 0 Å². The number of nitrogens with zero attached hydrogens (tertiary/aromatic N) is 3. The summed E-state index contributed by atoms with van der Waals surface area (Å²) in [6.45, 7) is 3.50. The van der Waals surface area contributed by atoms with Crippen LogP contribution in [0.4, 0.5) is 5.69 Å². The van der Waals surface area contributed by atoms with E-state index in [2.05, 4.69) is 21.9 Å². The highest BCUT2D eigenvalue weighted by molar-refractivity contribution is 6.06. The van der Waals surface area contributed by atoms with Crippen molar-refractivity contribution in [3.8, 4) is 0 Å². The van der Waals surface area contributed by atoms with Gasteiger partial charge < -0.3 is 4.90 Å². The van der Waals surface area contributed by atoms with Crippen LogP contribution < -0.4 is 4.90 Å². The van der Waals surface area contributed by atoms with Gasteiger partial charge in [-0.2, -0.15) is 0 Å². The van der Waals surface area contributed by atoms with Crippen molar-refractivity contribution in [2.24, 2.45) is 0 Å². The van der Waals surface area contributed by atoms with Gasteiger partial charge in [0, 0.05) is 37.9 Å². The van der Waals surface area contributed by atoms with E-state index >= 15 is 0 Å². The number of anilines is 1. The molecule has 1 atom stereocenters. The fourth-order valence-electron chi connectivity index (χ4n) is 3.57. The number of piperazine rings is 1. The van der Waals surface area contributed by atoms with Crippen LogP contribution in [0.2, 0.25) is 0 Å². The zero-order valence-electron chi connectivity index (χ0n) is 12.6. The largest absolute Gasteiger partial charge is 0.369 e. The standard InChI is InChI=1S/C17H21N3O2/c21-16-12-15(17(22)20(16)14-6-7-14)19-10-8-18(9-11-19)13-4-2-1-3-5-13/h1-5,14-15H,6-12H2/t15-/m0/s1. The van der Waals surface area contributed by atoms with Crippen molar-refractivity contribution >= 4 is 17.5 Å². The molecule has 0 spiro atoms. The Morgan fingerprint density at radius 2 is 1.59 bits per heavy atom. The van der Waals surface area contributed by atoms with Gasteiger partial charge in [-0.25, -0.2) is 0 Å². The molecule has 1 aromatic carbocycles. The first-order valence-electron chi connectivity index (χ1n) is 8.14. The quantitative estimate of drug-likeness (QED) is 0.784. The summed E-state index contributed by atoms with van der Waals surface area (Å²) < 4.78 is 0. The van der Waals surface area contributed by atoms with E-state index in [4.69, 9.17) is 0 Å². The van der Waals surface area contributed by atoms with Crippen molar-refractivity contribution in [1.82, 2.24) is 9.80 Å². The smallest absolute Gasteiger partial charge is 0.247 e. The molecule has 2 aliphatic heterocycles. The van der Waals surface area contributed by atoms with E-state index in [-0.39, 0.29) is 23.9 Å². The molecule has 0 bridgehead atoms. The number of hydrogen-bond acceptors (Lipinski definition) is 4. The van der Waals surface area contributed by atoms with Crippen molar-refractivity contribution in [3.63, 3.8) is 0 Å². The molecule has 3 fully saturated rings. The Morgan fingerprint density at radius 3 is 2.23 bits per heavy atom. The molecular weight excluding hydrogens is 278 g/mol. The van der Waals surface area contributed by atoms with E-state index in [0.717, 1.165) is 39.0 Å². The van der Waals surface area contributed by atoms with Gasteiger partial charge in [0.15, 0.2) is 0 Å². The predicted molar refractivity (Wildman–Crippen MR) is 83.5 cm³/mol. The summed E-state index contributed by atoms with van der Waals surface area (Å²) in [5, 5.41) is 0. The van der Waals surface area contributed by atoms with Crippen molar-refractivity contribution in [1.29, 1.82) is 0 Å². The average molecular weight is 299 g/mol. The third-order valence-electron chi connectivity index (χ3n) is 4.95. The minimum atomic E-state index is -0.217. The Bertz CT molecular complexity index is 577. The normalized spacial score (nSPS) is 26.8. The van der Waals surface area contributed by atoms with Gasteiger partial charge in [-0.05, 0) is 25.0 Å². The summed E-state index contributed by atoms with van der Waals surface area (Å²) in [6.07, 6.45) is 2.36. The molecule has 2 heterocycles. The maximum atomic E-state index is 12.5. The lowest BCUT2D eigenvalue weighted by atomic mass is 10.1. The van der Waals surface area contributed by atoms with E-state index in [0.29, 0.717) is 6.42 Å². The highest BCUT2D eigenvalue weighted by atomic mass is 16.2. The second kappa shape index (κ2) is 5.39. The molecule has 0 radical (unpaired) electrons. The van der Waals surface area contributed by atoms with Crippen LogP contribution in [0.5, 0.6) is 0 Å². The lowest BCUT2D eigenvalue weighted by molar-refractivity contribution is -0.140. The zero-order chi connectivity index (χ0) is 15.1.